The topological polar surface area (TPSA) is 85.7 Å². The molecule has 2 heterocycles. The van der Waals surface area contributed by atoms with Crippen LogP contribution in [-0.4, -0.2) is 72.6 Å². The summed E-state index contributed by atoms with van der Waals surface area (Å²) in [5.41, 5.74) is 1.35. The first-order valence-corrected chi connectivity index (χ1v) is 8.85. The predicted octanol–water partition coefficient (Wildman–Crippen LogP) is 0.864. The van der Waals surface area contributed by atoms with Gasteiger partial charge in [-0.25, -0.2) is 4.68 Å². The minimum Gasteiger partial charge on any atom is -0.379 e. The van der Waals surface area contributed by atoms with Crippen LogP contribution in [0.5, 0.6) is 0 Å². The number of rotatable bonds is 6. The van der Waals surface area contributed by atoms with Crippen LogP contribution in [0, 0.1) is 0 Å². The fraction of sp³-hybridized carbons (Fsp3) is 0.421. The van der Waals surface area contributed by atoms with E-state index in [1.165, 1.54) is 4.90 Å². The van der Waals surface area contributed by atoms with E-state index in [0.717, 1.165) is 5.69 Å². The number of hydrogen-bond donors (Lipinski definition) is 1. The van der Waals surface area contributed by atoms with Gasteiger partial charge in [-0.05, 0) is 30.7 Å². The molecule has 1 aromatic heterocycles. The normalized spacial score (nSPS) is 19.5. The maximum Gasteiger partial charge on any atom is 0.251 e. The van der Waals surface area contributed by atoms with Crippen molar-refractivity contribution in [2.24, 2.45) is 0 Å². The second-order valence-corrected chi connectivity index (χ2v) is 6.58. The van der Waals surface area contributed by atoms with Gasteiger partial charge in [0.15, 0.2) is 0 Å². The third kappa shape index (κ3) is 4.93. The summed E-state index contributed by atoms with van der Waals surface area (Å²) in [6.07, 6.45) is 3.78. The third-order valence-electron chi connectivity index (χ3n) is 4.42. The molecule has 1 fully saturated rings. The summed E-state index contributed by atoms with van der Waals surface area (Å²) in [7, 11) is 3.35. The Morgan fingerprint density at radius 2 is 2.22 bits per heavy atom. The Kier molecular flexibility index (Phi) is 6.20. The van der Waals surface area contributed by atoms with Crippen molar-refractivity contribution in [1.82, 2.24) is 20.0 Å². The first-order valence-electron chi connectivity index (χ1n) is 8.85. The molecule has 1 saturated heterocycles. The van der Waals surface area contributed by atoms with Crippen molar-refractivity contribution in [3.63, 3.8) is 0 Å². The molecule has 2 atom stereocenters. The van der Waals surface area contributed by atoms with Gasteiger partial charge in [0, 0.05) is 38.7 Å². The summed E-state index contributed by atoms with van der Waals surface area (Å²) >= 11 is 0. The molecule has 2 amide bonds. The SMILES string of the molecule is CN(C)C(=O)CO[C@@H]1COCC[C@H]1NC(=O)c1cccc(-n2cccn2)c1. The fourth-order valence-corrected chi connectivity index (χ4v) is 2.81. The molecular formula is C19H24N4O4. The number of carbonyl (C=O) groups excluding carboxylic acids is 2. The van der Waals surface area contributed by atoms with Crippen LogP contribution in [0.25, 0.3) is 5.69 Å². The maximum atomic E-state index is 12.7. The van der Waals surface area contributed by atoms with Crippen LogP contribution in [0.1, 0.15) is 16.8 Å². The Labute approximate surface area is 158 Å². The molecule has 1 N–H and O–H groups in total. The highest BCUT2D eigenvalue weighted by molar-refractivity contribution is 5.95. The Hall–Kier alpha value is -2.71. The number of nitrogens with one attached hydrogen (secondary N) is 1. The minimum absolute atomic E-state index is 0.0395. The first kappa shape index (κ1) is 19.1. The van der Waals surface area contributed by atoms with Crippen molar-refractivity contribution >= 4 is 11.8 Å². The quantitative estimate of drug-likeness (QED) is 0.813. The number of hydrogen-bond acceptors (Lipinski definition) is 5. The van der Waals surface area contributed by atoms with Gasteiger partial charge in [0.2, 0.25) is 5.91 Å². The van der Waals surface area contributed by atoms with Crippen molar-refractivity contribution in [1.29, 1.82) is 0 Å². The lowest BCUT2D eigenvalue weighted by Gasteiger charge is -2.32. The van der Waals surface area contributed by atoms with Gasteiger partial charge in [0.25, 0.3) is 5.91 Å². The van der Waals surface area contributed by atoms with Crippen LogP contribution in [0.4, 0.5) is 0 Å². The zero-order valence-electron chi connectivity index (χ0n) is 15.5. The second kappa shape index (κ2) is 8.79. The van der Waals surface area contributed by atoms with Gasteiger partial charge in [-0.1, -0.05) is 6.07 Å². The van der Waals surface area contributed by atoms with Crippen molar-refractivity contribution in [3.8, 4) is 5.69 Å². The van der Waals surface area contributed by atoms with E-state index in [1.807, 2.05) is 24.4 Å². The van der Waals surface area contributed by atoms with E-state index in [4.69, 9.17) is 9.47 Å². The van der Waals surface area contributed by atoms with E-state index in [0.29, 0.717) is 25.2 Å². The molecule has 1 aliphatic heterocycles. The van der Waals surface area contributed by atoms with Gasteiger partial charge in [0.1, 0.15) is 12.7 Å². The highest BCUT2D eigenvalue weighted by Crippen LogP contribution is 2.14. The minimum atomic E-state index is -0.360. The highest BCUT2D eigenvalue weighted by atomic mass is 16.5. The van der Waals surface area contributed by atoms with Crippen LogP contribution in [-0.2, 0) is 14.3 Å². The molecule has 1 aliphatic rings. The van der Waals surface area contributed by atoms with Gasteiger partial charge >= 0.3 is 0 Å². The number of aromatic nitrogens is 2. The molecule has 0 radical (unpaired) electrons. The summed E-state index contributed by atoms with van der Waals surface area (Å²) in [5.74, 6) is -0.319. The smallest absolute Gasteiger partial charge is 0.251 e. The lowest BCUT2D eigenvalue weighted by atomic mass is 10.0. The number of nitrogens with zero attached hydrogens (tertiary/aromatic N) is 3. The van der Waals surface area contributed by atoms with Crippen LogP contribution < -0.4 is 5.32 Å². The summed E-state index contributed by atoms with van der Waals surface area (Å²) in [5, 5.41) is 7.19. The summed E-state index contributed by atoms with van der Waals surface area (Å²) in [4.78, 5) is 25.9. The summed E-state index contributed by atoms with van der Waals surface area (Å²) in [6, 6.07) is 8.86. The Morgan fingerprint density at radius 1 is 1.37 bits per heavy atom. The Bertz CT molecular complexity index is 776. The molecule has 27 heavy (non-hydrogen) atoms. The lowest BCUT2D eigenvalue weighted by molar-refractivity contribution is -0.140. The third-order valence-corrected chi connectivity index (χ3v) is 4.42. The summed E-state index contributed by atoms with van der Waals surface area (Å²) < 4.78 is 12.8. The van der Waals surface area contributed by atoms with E-state index < -0.39 is 0 Å². The zero-order chi connectivity index (χ0) is 19.2. The molecule has 0 unspecified atom stereocenters. The van der Waals surface area contributed by atoms with Gasteiger partial charge in [-0.3, -0.25) is 9.59 Å². The molecule has 0 bridgehead atoms. The highest BCUT2D eigenvalue weighted by Gasteiger charge is 2.29. The number of benzene rings is 1. The average molecular weight is 372 g/mol. The van der Waals surface area contributed by atoms with Crippen molar-refractivity contribution < 1.29 is 19.1 Å². The lowest BCUT2D eigenvalue weighted by Crippen LogP contribution is -2.50. The predicted molar refractivity (Wildman–Crippen MR) is 98.7 cm³/mol. The second-order valence-electron chi connectivity index (χ2n) is 6.58. The van der Waals surface area contributed by atoms with E-state index in [1.54, 1.807) is 37.1 Å². The molecule has 0 aliphatic carbocycles. The number of likely N-dealkylation sites (N-methyl/N-ethyl adjacent to an activating group) is 1. The molecule has 8 heteroatoms. The first-order chi connectivity index (χ1) is 13.0. The number of ether oxygens (including phenoxy) is 2. The van der Waals surface area contributed by atoms with Gasteiger partial charge in [0.05, 0.1) is 18.3 Å². The zero-order valence-corrected chi connectivity index (χ0v) is 15.5. The van der Waals surface area contributed by atoms with Crippen molar-refractivity contribution in [2.75, 3.05) is 33.9 Å². The molecular weight excluding hydrogens is 348 g/mol. The largest absolute Gasteiger partial charge is 0.379 e. The maximum absolute atomic E-state index is 12.7. The van der Waals surface area contributed by atoms with Crippen LogP contribution in [0.3, 0.4) is 0 Å². The average Bonchev–Trinajstić information content (AvgIpc) is 3.22. The van der Waals surface area contributed by atoms with Crippen molar-refractivity contribution in [2.45, 2.75) is 18.6 Å². The Balaban J connectivity index is 1.64. The number of carbonyl (C=O) groups is 2. The van der Waals surface area contributed by atoms with E-state index in [2.05, 4.69) is 10.4 Å². The van der Waals surface area contributed by atoms with E-state index >= 15 is 0 Å². The summed E-state index contributed by atoms with van der Waals surface area (Å²) in [6.45, 7) is 0.848. The molecule has 3 rings (SSSR count). The molecule has 1 aromatic carbocycles. The van der Waals surface area contributed by atoms with E-state index in [9.17, 15) is 9.59 Å². The molecule has 144 valence electrons. The van der Waals surface area contributed by atoms with Crippen LogP contribution >= 0.6 is 0 Å². The van der Waals surface area contributed by atoms with Gasteiger partial charge in [-0.15, -0.1) is 0 Å². The molecule has 8 nitrogen and oxygen atoms in total. The van der Waals surface area contributed by atoms with E-state index in [-0.39, 0.29) is 30.6 Å². The standard InChI is InChI=1S/C19H24N4O4/c1-22(2)18(24)13-27-17-12-26-10-7-16(17)21-19(25)14-5-3-6-15(11-14)23-9-4-8-20-23/h3-6,8-9,11,16-17H,7,10,12-13H2,1-2H3,(H,21,25)/t16-,17-/m1/s1. The van der Waals surface area contributed by atoms with Crippen LogP contribution in [0.2, 0.25) is 0 Å². The Morgan fingerprint density at radius 3 is 2.96 bits per heavy atom. The van der Waals surface area contributed by atoms with Crippen molar-refractivity contribution in [3.05, 3.63) is 48.3 Å². The molecule has 2 aromatic rings. The number of amides is 2. The molecule has 0 spiro atoms. The molecule has 0 saturated carbocycles. The fourth-order valence-electron chi connectivity index (χ4n) is 2.81. The monoisotopic (exact) mass is 372 g/mol. The van der Waals surface area contributed by atoms with Gasteiger partial charge < -0.3 is 19.7 Å². The van der Waals surface area contributed by atoms with Crippen LogP contribution in [0.15, 0.2) is 42.7 Å². The van der Waals surface area contributed by atoms with Gasteiger partial charge in [-0.2, -0.15) is 5.10 Å².